The van der Waals surface area contributed by atoms with Crippen molar-refractivity contribution in [2.45, 2.75) is 32.7 Å². The minimum Gasteiger partial charge on any atom is -0.493 e. The molecule has 0 fully saturated rings. The maximum Gasteiger partial charge on any atom is 0.224 e. The van der Waals surface area contributed by atoms with Gasteiger partial charge in [-0.2, -0.15) is 0 Å². The number of benzene rings is 1. The quantitative estimate of drug-likeness (QED) is 0.695. The van der Waals surface area contributed by atoms with Gasteiger partial charge in [-0.3, -0.25) is 4.79 Å². The lowest BCUT2D eigenvalue weighted by molar-refractivity contribution is -0.124. The zero-order valence-corrected chi connectivity index (χ0v) is 12.3. The van der Waals surface area contributed by atoms with E-state index in [1.54, 1.807) is 6.92 Å². The average molecular weight is 281 g/mol. The second kappa shape index (κ2) is 7.26. The third-order valence-corrected chi connectivity index (χ3v) is 3.06. The van der Waals surface area contributed by atoms with Crippen LogP contribution in [-0.2, 0) is 4.79 Å². The van der Waals surface area contributed by atoms with Crippen molar-refractivity contribution in [1.82, 2.24) is 5.32 Å². The van der Waals surface area contributed by atoms with Gasteiger partial charge >= 0.3 is 0 Å². The van der Waals surface area contributed by atoms with E-state index < -0.39 is 5.54 Å². The Balaban J connectivity index is 2.42. The molecule has 0 spiro atoms. The number of ether oxygens (including phenoxy) is 1. The lowest BCUT2D eigenvalue weighted by Crippen LogP contribution is -2.51. The molecule has 5 heteroatoms. The lowest BCUT2D eigenvalue weighted by atomic mass is 10.1. The van der Waals surface area contributed by atoms with E-state index in [1.807, 2.05) is 32.0 Å². The van der Waals surface area contributed by atoms with Crippen LogP contribution in [0.5, 0.6) is 5.75 Å². The van der Waals surface area contributed by atoms with E-state index in [9.17, 15) is 4.79 Å². The number of hydrogen-bond donors (Lipinski definition) is 3. The van der Waals surface area contributed by atoms with Crippen LogP contribution in [0, 0.1) is 13.8 Å². The zero-order chi connectivity index (χ0) is 15.2. The third-order valence-electron chi connectivity index (χ3n) is 3.06. The fraction of sp³-hybridized carbons (Fsp3) is 0.533. The Kier molecular flexibility index (Phi) is 5.98. The Hall–Kier alpha value is -1.59. The van der Waals surface area contributed by atoms with Crippen molar-refractivity contribution < 1.29 is 19.7 Å². The molecule has 0 bridgehead atoms. The highest BCUT2D eigenvalue weighted by atomic mass is 16.5. The van der Waals surface area contributed by atoms with Crippen LogP contribution in [0.2, 0.25) is 0 Å². The van der Waals surface area contributed by atoms with Crippen LogP contribution in [0.1, 0.15) is 24.5 Å². The van der Waals surface area contributed by atoms with Gasteiger partial charge in [-0.05, 0) is 32.4 Å². The van der Waals surface area contributed by atoms with Crippen molar-refractivity contribution in [3.8, 4) is 5.75 Å². The first-order valence-electron chi connectivity index (χ1n) is 6.63. The Morgan fingerprint density at radius 3 is 2.50 bits per heavy atom. The molecule has 0 radical (unpaired) electrons. The minimum absolute atomic E-state index is 0.170. The Morgan fingerprint density at radius 1 is 1.30 bits per heavy atom. The molecule has 0 saturated carbocycles. The Labute approximate surface area is 119 Å². The van der Waals surface area contributed by atoms with E-state index >= 15 is 0 Å². The maximum atomic E-state index is 11.7. The summed E-state index contributed by atoms with van der Waals surface area (Å²) in [5.74, 6) is 0.496. The molecule has 1 aromatic carbocycles. The minimum atomic E-state index is -0.989. The molecule has 20 heavy (non-hydrogen) atoms. The van der Waals surface area contributed by atoms with Gasteiger partial charge in [0.2, 0.25) is 5.91 Å². The van der Waals surface area contributed by atoms with Crippen LogP contribution >= 0.6 is 0 Å². The number of carbonyl (C=O) groups excluding carboxylic acids is 1. The van der Waals surface area contributed by atoms with Crippen molar-refractivity contribution in [2.24, 2.45) is 0 Å². The first-order chi connectivity index (χ1) is 9.40. The normalized spacial score (nSPS) is 11.2. The number of aliphatic hydroxyl groups is 2. The van der Waals surface area contributed by atoms with Crippen LogP contribution in [0.4, 0.5) is 0 Å². The standard InChI is InChI=1S/C15H23NO4/c1-11-4-5-13(12(2)8-11)20-7-6-14(19)16-15(3,9-17)10-18/h4-5,8,17-18H,6-7,9-10H2,1-3H3,(H,16,19). The third kappa shape index (κ3) is 4.83. The van der Waals surface area contributed by atoms with Gasteiger partial charge in [0.1, 0.15) is 5.75 Å². The predicted molar refractivity (Wildman–Crippen MR) is 76.7 cm³/mol. The molecule has 0 aliphatic rings. The molecular weight excluding hydrogens is 258 g/mol. The molecule has 0 heterocycles. The molecule has 0 aromatic heterocycles. The van der Waals surface area contributed by atoms with Gasteiger partial charge in [-0.25, -0.2) is 0 Å². The summed E-state index contributed by atoms with van der Waals surface area (Å²) >= 11 is 0. The molecule has 1 rings (SSSR count). The molecule has 0 aliphatic carbocycles. The largest absolute Gasteiger partial charge is 0.493 e. The molecule has 0 aliphatic heterocycles. The second-order valence-corrected chi connectivity index (χ2v) is 5.29. The van der Waals surface area contributed by atoms with Crippen molar-refractivity contribution >= 4 is 5.91 Å². The van der Waals surface area contributed by atoms with E-state index in [4.69, 9.17) is 14.9 Å². The monoisotopic (exact) mass is 281 g/mol. The summed E-state index contributed by atoms with van der Waals surface area (Å²) in [5.41, 5.74) is 1.20. The summed E-state index contributed by atoms with van der Waals surface area (Å²) in [6.07, 6.45) is 0.170. The van der Waals surface area contributed by atoms with Crippen LogP contribution < -0.4 is 10.1 Å². The lowest BCUT2D eigenvalue weighted by Gasteiger charge is -2.26. The maximum absolute atomic E-state index is 11.7. The molecule has 5 nitrogen and oxygen atoms in total. The molecule has 1 amide bonds. The average Bonchev–Trinajstić information content (AvgIpc) is 2.41. The highest BCUT2D eigenvalue weighted by molar-refractivity contribution is 5.76. The van der Waals surface area contributed by atoms with E-state index in [2.05, 4.69) is 5.32 Å². The first-order valence-corrected chi connectivity index (χ1v) is 6.63. The van der Waals surface area contributed by atoms with E-state index in [1.165, 1.54) is 0 Å². The summed E-state index contributed by atoms with van der Waals surface area (Å²) in [6, 6.07) is 5.86. The number of amides is 1. The molecule has 3 N–H and O–H groups in total. The highest BCUT2D eigenvalue weighted by Gasteiger charge is 2.24. The predicted octanol–water partition coefficient (Wildman–Crippen LogP) is 0.932. The molecule has 0 saturated heterocycles. The van der Waals surface area contributed by atoms with Crippen LogP contribution in [0.3, 0.4) is 0 Å². The molecular formula is C15H23NO4. The van der Waals surface area contributed by atoms with Crippen molar-refractivity contribution in [3.63, 3.8) is 0 Å². The second-order valence-electron chi connectivity index (χ2n) is 5.29. The zero-order valence-electron chi connectivity index (χ0n) is 12.3. The fourth-order valence-electron chi connectivity index (χ4n) is 1.74. The summed E-state index contributed by atoms with van der Waals surface area (Å²) < 4.78 is 5.56. The van der Waals surface area contributed by atoms with Crippen LogP contribution in [0.25, 0.3) is 0 Å². The van der Waals surface area contributed by atoms with Gasteiger partial charge < -0.3 is 20.3 Å². The number of nitrogens with one attached hydrogen (secondary N) is 1. The summed E-state index contributed by atoms with van der Waals surface area (Å²) in [4.78, 5) is 11.7. The van der Waals surface area contributed by atoms with Gasteiger partial charge in [-0.1, -0.05) is 17.7 Å². The molecule has 0 unspecified atom stereocenters. The summed E-state index contributed by atoms with van der Waals surface area (Å²) in [5, 5.41) is 20.8. The molecule has 112 valence electrons. The topological polar surface area (TPSA) is 78.8 Å². The Bertz CT molecular complexity index is 455. The number of hydrogen-bond acceptors (Lipinski definition) is 4. The number of carbonyl (C=O) groups is 1. The van der Waals surface area contributed by atoms with Crippen LogP contribution in [-0.4, -0.2) is 41.5 Å². The van der Waals surface area contributed by atoms with Gasteiger partial charge in [0.15, 0.2) is 0 Å². The highest BCUT2D eigenvalue weighted by Crippen LogP contribution is 2.18. The fourth-order valence-corrected chi connectivity index (χ4v) is 1.74. The first kappa shape index (κ1) is 16.5. The Morgan fingerprint density at radius 2 is 1.95 bits per heavy atom. The van der Waals surface area contributed by atoms with Crippen LogP contribution in [0.15, 0.2) is 18.2 Å². The van der Waals surface area contributed by atoms with E-state index in [-0.39, 0.29) is 32.1 Å². The number of rotatable bonds is 7. The van der Waals surface area contributed by atoms with Crippen molar-refractivity contribution in [2.75, 3.05) is 19.8 Å². The molecule has 1 aromatic rings. The van der Waals surface area contributed by atoms with E-state index in [0.717, 1.165) is 16.9 Å². The van der Waals surface area contributed by atoms with Gasteiger partial charge in [-0.15, -0.1) is 0 Å². The summed E-state index contributed by atoms with van der Waals surface area (Å²) in [7, 11) is 0. The SMILES string of the molecule is Cc1ccc(OCCC(=O)NC(C)(CO)CO)c(C)c1. The van der Waals surface area contributed by atoms with Crippen molar-refractivity contribution in [3.05, 3.63) is 29.3 Å². The molecule has 0 atom stereocenters. The van der Waals surface area contributed by atoms with Crippen molar-refractivity contribution in [1.29, 1.82) is 0 Å². The van der Waals surface area contributed by atoms with Gasteiger partial charge in [0, 0.05) is 0 Å². The number of aryl methyl sites for hydroxylation is 2. The van der Waals surface area contributed by atoms with Gasteiger partial charge in [0.25, 0.3) is 0 Å². The summed E-state index contributed by atoms with van der Waals surface area (Å²) in [6.45, 7) is 5.17. The van der Waals surface area contributed by atoms with Gasteiger partial charge in [0.05, 0.1) is 31.8 Å². The number of aliphatic hydroxyl groups excluding tert-OH is 2. The smallest absolute Gasteiger partial charge is 0.224 e. The van der Waals surface area contributed by atoms with E-state index in [0.29, 0.717) is 0 Å².